The van der Waals surface area contributed by atoms with Gasteiger partial charge in [-0.15, -0.1) is 0 Å². The van der Waals surface area contributed by atoms with Crippen molar-refractivity contribution < 1.29 is 5.11 Å². The Labute approximate surface area is 107 Å². The summed E-state index contributed by atoms with van der Waals surface area (Å²) in [5.41, 5.74) is 7.79. The van der Waals surface area contributed by atoms with Crippen LogP contribution in [0.1, 0.15) is 25.7 Å². The topological polar surface area (TPSA) is 49.5 Å². The maximum atomic E-state index is 9.12. The third-order valence-corrected chi connectivity index (χ3v) is 3.63. The molecule has 1 aliphatic rings. The number of aliphatic hydroxyl groups is 1. The lowest BCUT2D eigenvalue weighted by Gasteiger charge is -2.38. The predicted molar refractivity (Wildman–Crippen MR) is 72.6 cm³/mol. The largest absolute Gasteiger partial charge is 0.397 e. The van der Waals surface area contributed by atoms with Gasteiger partial charge in [-0.25, -0.2) is 0 Å². The number of anilines is 2. The van der Waals surface area contributed by atoms with E-state index in [2.05, 4.69) is 4.90 Å². The monoisotopic (exact) mass is 254 g/mol. The quantitative estimate of drug-likeness (QED) is 0.816. The van der Waals surface area contributed by atoms with Crippen molar-refractivity contribution in [1.82, 2.24) is 0 Å². The molecular weight excluding hydrogens is 236 g/mol. The van der Waals surface area contributed by atoms with Crippen LogP contribution in [-0.2, 0) is 0 Å². The van der Waals surface area contributed by atoms with Gasteiger partial charge in [0.25, 0.3) is 0 Å². The highest BCUT2D eigenvalue weighted by Crippen LogP contribution is 2.32. The van der Waals surface area contributed by atoms with Gasteiger partial charge >= 0.3 is 0 Å². The summed E-state index contributed by atoms with van der Waals surface area (Å²) in [5.74, 6) is 0. The van der Waals surface area contributed by atoms with Crippen molar-refractivity contribution in [2.24, 2.45) is 0 Å². The molecule has 2 rings (SSSR count). The fourth-order valence-corrected chi connectivity index (χ4v) is 2.70. The average molecular weight is 255 g/mol. The Morgan fingerprint density at radius 3 is 3.00 bits per heavy atom. The summed E-state index contributed by atoms with van der Waals surface area (Å²) in [6, 6.07) is 5.97. The molecule has 1 aromatic rings. The van der Waals surface area contributed by atoms with Crippen LogP contribution in [0.4, 0.5) is 11.4 Å². The number of nitrogens with zero attached hydrogens (tertiary/aromatic N) is 1. The molecule has 0 saturated carbocycles. The first kappa shape index (κ1) is 12.5. The van der Waals surface area contributed by atoms with E-state index < -0.39 is 0 Å². The molecule has 0 aliphatic carbocycles. The lowest BCUT2D eigenvalue weighted by Crippen LogP contribution is -2.40. The van der Waals surface area contributed by atoms with Crippen LogP contribution in [0.5, 0.6) is 0 Å². The maximum Gasteiger partial charge on any atom is 0.0617 e. The normalized spacial score (nSPS) is 20.6. The highest BCUT2D eigenvalue weighted by molar-refractivity contribution is 6.31. The van der Waals surface area contributed by atoms with Crippen molar-refractivity contribution in [2.75, 3.05) is 23.8 Å². The van der Waals surface area contributed by atoms with Gasteiger partial charge < -0.3 is 15.7 Å². The molecule has 1 aromatic carbocycles. The average Bonchev–Trinajstić information content (AvgIpc) is 2.34. The number of benzene rings is 1. The third kappa shape index (κ3) is 2.85. The number of halogens is 1. The SMILES string of the molecule is Nc1ccc(Cl)cc1N1CCCCC1CCO. The Morgan fingerprint density at radius 1 is 1.41 bits per heavy atom. The van der Waals surface area contributed by atoms with Gasteiger partial charge in [-0.1, -0.05) is 11.6 Å². The molecule has 0 spiro atoms. The van der Waals surface area contributed by atoms with Crippen LogP contribution in [-0.4, -0.2) is 24.3 Å². The summed E-state index contributed by atoms with van der Waals surface area (Å²) in [6.45, 7) is 1.22. The van der Waals surface area contributed by atoms with Gasteiger partial charge in [0.2, 0.25) is 0 Å². The van der Waals surface area contributed by atoms with Crippen molar-refractivity contribution in [2.45, 2.75) is 31.7 Å². The Hall–Kier alpha value is -0.930. The Morgan fingerprint density at radius 2 is 2.24 bits per heavy atom. The molecule has 1 saturated heterocycles. The molecule has 4 heteroatoms. The standard InChI is InChI=1S/C13H19ClN2O/c14-10-4-5-12(15)13(9-10)16-7-2-1-3-11(16)6-8-17/h4-5,9,11,17H,1-3,6-8,15H2. The van der Waals surface area contributed by atoms with E-state index in [0.29, 0.717) is 11.1 Å². The minimum atomic E-state index is 0.224. The summed E-state index contributed by atoms with van der Waals surface area (Å²) in [7, 11) is 0. The molecule has 0 amide bonds. The van der Waals surface area contributed by atoms with E-state index in [1.54, 1.807) is 0 Å². The highest BCUT2D eigenvalue weighted by atomic mass is 35.5. The van der Waals surface area contributed by atoms with Crippen molar-refractivity contribution in [3.63, 3.8) is 0 Å². The van der Waals surface area contributed by atoms with Gasteiger partial charge in [-0.05, 0) is 43.9 Å². The summed E-state index contributed by atoms with van der Waals surface area (Å²) in [5, 5.41) is 9.83. The summed E-state index contributed by atoms with van der Waals surface area (Å²) >= 11 is 6.03. The van der Waals surface area contributed by atoms with E-state index >= 15 is 0 Å². The number of hydrogen-bond acceptors (Lipinski definition) is 3. The molecule has 0 bridgehead atoms. The molecule has 1 atom stereocenters. The van der Waals surface area contributed by atoms with Crippen LogP contribution in [0.15, 0.2) is 18.2 Å². The van der Waals surface area contributed by atoms with Crippen molar-refractivity contribution in [3.8, 4) is 0 Å². The number of nitrogens with two attached hydrogens (primary N) is 1. The molecule has 1 heterocycles. The van der Waals surface area contributed by atoms with Crippen molar-refractivity contribution >= 4 is 23.0 Å². The minimum absolute atomic E-state index is 0.224. The van der Waals surface area contributed by atoms with E-state index in [1.807, 2.05) is 18.2 Å². The third-order valence-electron chi connectivity index (χ3n) is 3.39. The van der Waals surface area contributed by atoms with E-state index in [9.17, 15) is 0 Å². The van der Waals surface area contributed by atoms with Crippen LogP contribution in [0.3, 0.4) is 0 Å². The Balaban J connectivity index is 2.25. The van der Waals surface area contributed by atoms with E-state index in [0.717, 1.165) is 30.8 Å². The first-order valence-corrected chi connectivity index (χ1v) is 6.52. The van der Waals surface area contributed by atoms with Crippen LogP contribution in [0, 0.1) is 0 Å². The van der Waals surface area contributed by atoms with E-state index in [-0.39, 0.29) is 6.61 Å². The summed E-state index contributed by atoms with van der Waals surface area (Å²) < 4.78 is 0. The van der Waals surface area contributed by atoms with Gasteiger partial charge in [-0.3, -0.25) is 0 Å². The number of aliphatic hydroxyl groups excluding tert-OH is 1. The fraction of sp³-hybridized carbons (Fsp3) is 0.538. The molecule has 3 N–H and O–H groups in total. The number of nitrogen functional groups attached to an aromatic ring is 1. The number of rotatable bonds is 3. The maximum absolute atomic E-state index is 9.12. The second-order valence-corrected chi connectivity index (χ2v) is 4.99. The molecule has 0 aromatic heterocycles. The van der Waals surface area contributed by atoms with Crippen LogP contribution in [0.2, 0.25) is 5.02 Å². The Kier molecular flexibility index (Phi) is 4.13. The summed E-state index contributed by atoms with van der Waals surface area (Å²) in [4.78, 5) is 2.29. The van der Waals surface area contributed by atoms with Crippen LogP contribution in [0.25, 0.3) is 0 Å². The van der Waals surface area contributed by atoms with Gasteiger partial charge in [0.05, 0.1) is 11.4 Å². The van der Waals surface area contributed by atoms with E-state index in [4.69, 9.17) is 22.4 Å². The van der Waals surface area contributed by atoms with Crippen LogP contribution >= 0.6 is 11.6 Å². The number of hydrogen-bond donors (Lipinski definition) is 2. The van der Waals surface area contributed by atoms with Gasteiger partial charge in [0.15, 0.2) is 0 Å². The molecule has 94 valence electrons. The van der Waals surface area contributed by atoms with Crippen molar-refractivity contribution in [3.05, 3.63) is 23.2 Å². The predicted octanol–water partition coefficient (Wildman–Crippen LogP) is 2.66. The molecule has 17 heavy (non-hydrogen) atoms. The number of piperidine rings is 1. The zero-order valence-corrected chi connectivity index (χ0v) is 10.7. The molecule has 1 aliphatic heterocycles. The highest BCUT2D eigenvalue weighted by Gasteiger charge is 2.23. The Bertz CT molecular complexity index is 382. The molecule has 1 unspecified atom stereocenters. The molecule has 3 nitrogen and oxygen atoms in total. The molecule has 1 fully saturated rings. The lowest BCUT2D eigenvalue weighted by atomic mass is 9.98. The fourth-order valence-electron chi connectivity index (χ4n) is 2.53. The second kappa shape index (κ2) is 5.61. The zero-order valence-electron chi connectivity index (χ0n) is 9.90. The van der Waals surface area contributed by atoms with Crippen LogP contribution < -0.4 is 10.6 Å². The van der Waals surface area contributed by atoms with Gasteiger partial charge in [-0.2, -0.15) is 0 Å². The van der Waals surface area contributed by atoms with Crippen molar-refractivity contribution in [1.29, 1.82) is 0 Å². The van der Waals surface area contributed by atoms with Gasteiger partial charge in [0, 0.05) is 24.2 Å². The summed E-state index contributed by atoms with van der Waals surface area (Å²) in [6.07, 6.45) is 4.31. The second-order valence-electron chi connectivity index (χ2n) is 4.56. The first-order chi connectivity index (χ1) is 8.22. The first-order valence-electron chi connectivity index (χ1n) is 6.15. The van der Waals surface area contributed by atoms with Gasteiger partial charge in [0.1, 0.15) is 0 Å². The minimum Gasteiger partial charge on any atom is -0.397 e. The lowest BCUT2D eigenvalue weighted by molar-refractivity contribution is 0.262. The zero-order chi connectivity index (χ0) is 12.3. The molecule has 0 radical (unpaired) electrons. The smallest absolute Gasteiger partial charge is 0.0617 e. The van der Waals surface area contributed by atoms with E-state index in [1.165, 1.54) is 12.8 Å². The molecular formula is C13H19ClN2O.